The molecule has 0 heterocycles. The van der Waals surface area contributed by atoms with Crippen molar-refractivity contribution in [1.82, 2.24) is 5.32 Å². The van der Waals surface area contributed by atoms with E-state index >= 15 is 0 Å². The van der Waals surface area contributed by atoms with Gasteiger partial charge >= 0.3 is 0 Å². The van der Waals surface area contributed by atoms with E-state index in [1.165, 1.54) is 6.07 Å². The fourth-order valence-corrected chi connectivity index (χ4v) is 2.91. The van der Waals surface area contributed by atoms with Crippen molar-refractivity contribution in [2.45, 2.75) is 38.3 Å². The second kappa shape index (κ2) is 6.12. The van der Waals surface area contributed by atoms with Gasteiger partial charge in [0.2, 0.25) is 0 Å². The van der Waals surface area contributed by atoms with Crippen molar-refractivity contribution in [3.63, 3.8) is 0 Å². The van der Waals surface area contributed by atoms with Crippen LogP contribution < -0.4 is 5.32 Å². The molecule has 0 saturated heterocycles. The molecular formula is C14H20N2O3. The molecule has 3 unspecified atom stereocenters. The van der Waals surface area contributed by atoms with Gasteiger partial charge in [-0.3, -0.25) is 10.1 Å². The van der Waals surface area contributed by atoms with E-state index in [1.807, 2.05) is 13.0 Å². The van der Waals surface area contributed by atoms with E-state index in [0.717, 1.165) is 19.3 Å². The highest BCUT2D eigenvalue weighted by atomic mass is 16.6. The van der Waals surface area contributed by atoms with Crippen LogP contribution in [0.4, 0.5) is 5.69 Å². The lowest BCUT2D eigenvalue weighted by molar-refractivity contribution is -0.385. The van der Waals surface area contributed by atoms with Gasteiger partial charge in [0.1, 0.15) is 0 Å². The number of nitrogens with one attached hydrogen (secondary N) is 1. The average Bonchev–Trinajstić information content (AvgIpc) is 2.85. The number of benzene rings is 1. The summed E-state index contributed by atoms with van der Waals surface area (Å²) in [7, 11) is 0. The third kappa shape index (κ3) is 3.11. The number of hydrogen-bond donors (Lipinski definition) is 2. The van der Waals surface area contributed by atoms with Gasteiger partial charge in [-0.15, -0.1) is 0 Å². The van der Waals surface area contributed by atoms with Crippen molar-refractivity contribution in [2.75, 3.05) is 6.61 Å². The van der Waals surface area contributed by atoms with Crippen LogP contribution in [0, 0.1) is 16.0 Å². The number of aliphatic hydroxyl groups is 1. The molecule has 1 saturated carbocycles. The smallest absolute Gasteiger partial charge is 0.274 e. The zero-order valence-electron chi connectivity index (χ0n) is 11.1. The van der Waals surface area contributed by atoms with Crippen LogP contribution >= 0.6 is 0 Å². The van der Waals surface area contributed by atoms with Crippen molar-refractivity contribution in [3.8, 4) is 0 Å². The van der Waals surface area contributed by atoms with Gasteiger partial charge in [-0.25, -0.2) is 0 Å². The van der Waals surface area contributed by atoms with Crippen molar-refractivity contribution >= 4 is 5.69 Å². The van der Waals surface area contributed by atoms with Crippen LogP contribution in [0.15, 0.2) is 24.3 Å². The van der Waals surface area contributed by atoms with Gasteiger partial charge in [-0.2, -0.15) is 0 Å². The second-order valence-corrected chi connectivity index (χ2v) is 5.18. The maximum Gasteiger partial charge on any atom is 0.274 e. The monoisotopic (exact) mass is 264 g/mol. The zero-order chi connectivity index (χ0) is 13.8. The Morgan fingerprint density at radius 3 is 2.89 bits per heavy atom. The molecule has 0 radical (unpaired) electrons. The normalized spacial score (nSPS) is 24.3. The Balaban J connectivity index is 2.11. The highest BCUT2D eigenvalue weighted by molar-refractivity contribution is 5.41. The summed E-state index contributed by atoms with van der Waals surface area (Å²) >= 11 is 0. The predicted molar refractivity (Wildman–Crippen MR) is 72.9 cm³/mol. The summed E-state index contributed by atoms with van der Waals surface area (Å²) in [4.78, 5) is 10.7. The summed E-state index contributed by atoms with van der Waals surface area (Å²) in [5.74, 6) is 0.269. The quantitative estimate of drug-likeness (QED) is 0.632. The molecule has 2 N–H and O–H groups in total. The SMILES string of the molecule is CC(NC1CCCC1CO)c1ccccc1[N+](=O)[O-]. The summed E-state index contributed by atoms with van der Waals surface area (Å²) in [5, 5.41) is 23.8. The molecule has 1 aliphatic carbocycles. The predicted octanol–water partition coefficient (Wildman–Crippen LogP) is 2.41. The Bertz CT molecular complexity index is 450. The molecule has 0 aromatic heterocycles. The molecular weight excluding hydrogens is 244 g/mol. The Morgan fingerprint density at radius 1 is 1.47 bits per heavy atom. The van der Waals surface area contributed by atoms with E-state index < -0.39 is 0 Å². The summed E-state index contributed by atoms with van der Waals surface area (Å²) < 4.78 is 0. The molecule has 0 amide bonds. The molecule has 1 aromatic carbocycles. The Kier molecular flexibility index (Phi) is 4.50. The highest BCUT2D eigenvalue weighted by Crippen LogP contribution is 2.30. The number of hydrogen-bond acceptors (Lipinski definition) is 4. The molecule has 3 atom stereocenters. The molecule has 2 rings (SSSR count). The summed E-state index contributed by atoms with van der Waals surface area (Å²) in [5.41, 5.74) is 0.858. The number of aliphatic hydroxyl groups excluding tert-OH is 1. The molecule has 5 nitrogen and oxygen atoms in total. The third-order valence-corrected chi connectivity index (χ3v) is 3.96. The van der Waals surface area contributed by atoms with E-state index in [-0.39, 0.29) is 35.2 Å². The van der Waals surface area contributed by atoms with Gasteiger partial charge in [0, 0.05) is 30.3 Å². The number of rotatable bonds is 5. The van der Waals surface area contributed by atoms with E-state index in [0.29, 0.717) is 5.56 Å². The summed E-state index contributed by atoms with van der Waals surface area (Å²) in [6, 6.07) is 6.99. The maximum absolute atomic E-state index is 11.0. The van der Waals surface area contributed by atoms with Crippen LogP contribution in [-0.2, 0) is 0 Å². The first kappa shape index (κ1) is 14.0. The molecule has 1 aliphatic rings. The molecule has 1 aromatic rings. The zero-order valence-corrected chi connectivity index (χ0v) is 11.1. The summed E-state index contributed by atoms with van der Waals surface area (Å²) in [6.45, 7) is 2.12. The van der Waals surface area contributed by atoms with Gasteiger partial charge in [0.15, 0.2) is 0 Å². The molecule has 0 spiro atoms. The van der Waals surface area contributed by atoms with Crippen LogP contribution in [0.3, 0.4) is 0 Å². The van der Waals surface area contributed by atoms with Crippen LogP contribution in [0.2, 0.25) is 0 Å². The highest BCUT2D eigenvalue weighted by Gasteiger charge is 2.29. The van der Waals surface area contributed by atoms with Gasteiger partial charge in [-0.05, 0) is 25.7 Å². The van der Waals surface area contributed by atoms with Crippen LogP contribution in [0.25, 0.3) is 0 Å². The standard InChI is InChI=1S/C14H20N2O3/c1-10(15-13-7-4-5-11(13)9-17)12-6-2-3-8-14(12)16(18)19/h2-3,6,8,10-11,13,15,17H,4-5,7,9H2,1H3. The first-order valence-corrected chi connectivity index (χ1v) is 6.73. The minimum absolute atomic E-state index is 0.0845. The molecule has 19 heavy (non-hydrogen) atoms. The fourth-order valence-electron chi connectivity index (χ4n) is 2.91. The van der Waals surface area contributed by atoms with Crippen LogP contribution in [0.5, 0.6) is 0 Å². The van der Waals surface area contributed by atoms with Gasteiger partial charge in [-0.1, -0.05) is 24.6 Å². The van der Waals surface area contributed by atoms with Gasteiger partial charge in [0.05, 0.1) is 4.92 Å². The first-order chi connectivity index (χ1) is 9.13. The Hall–Kier alpha value is -1.46. The van der Waals surface area contributed by atoms with Crippen molar-refractivity contribution < 1.29 is 10.0 Å². The fraction of sp³-hybridized carbons (Fsp3) is 0.571. The average molecular weight is 264 g/mol. The van der Waals surface area contributed by atoms with Crippen molar-refractivity contribution in [1.29, 1.82) is 0 Å². The Labute approximate surface area is 112 Å². The number of nitro benzene ring substituents is 1. The lowest BCUT2D eigenvalue weighted by atomic mass is 10.0. The van der Waals surface area contributed by atoms with Gasteiger partial charge < -0.3 is 10.4 Å². The minimum Gasteiger partial charge on any atom is -0.396 e. The molecule has 0 aliphatic heterocycles. The van der Waals surface area contributed by atoms with Crippen LogP contribution in [0.1, 0.15) is 37.8 Å². The topological polar surface area (TPSA) is 75.4 Å². The molecule has 0 bridgehead atoms. The molecule has 104 valence electrons. The largest absolute Gasteiger partial charge is 0.396 e. The Morgan fingerprint density at radius 2 is 2.21 bits per heavy atom. The number of nitrogens with zero attached hydrogens (tertiary/aromatic N) is 1. The van der Waals surface area contributed by atoms with E-state index in [9.17, 15) is 15.2 Å². The summed E-state index contributed by atoms with van der Waals surface area (Å²) in [6.07, 6.45) is 3.15. The lowest BCUT2D eigenvalue weighted by Crippen LogP contribution is -2.36. The maximum atomic E-state index is 11.0. The van der Waals surface area contributed by atoms with Crippen LogP contribution in [-0.4, -0.2) is 22.7 Å². The number of nitro groups is 1. The minimum atomic E-state index is -0.342. The third-order valence-electron chi connectivity index (χ3n) is 3.96. The first-order valence-electron chi connectivity index (χ1n) is 6.73. The number of para-hydroxylation sites is 1. The van der Waals surface area contributed by atoms with Crippen molar-refractivity contribution in [2.24, 2.45) is 5.92 Å². The van der Waals surface area contributed by atoms with Crippen molar-refractivity contribution in [3.05, 3.63) is 39.9 Å². The van der Waals surface area contributed by atoms with E-state index in [1.54, 1.807) is 12.1 Å². The lowest BCUT2D eigenvalue weighted by Gasteiger charge is -2.24. The second-order valence-electron chi connectivity index (χ2n) is 5.18. The molecule has 5 heteroatoms. The van der Waals surface area contributed by atoms with Gasteiger partial charge in [0.25, 0.3) is 5.69 Å². The molecule has 1 fully saturated rings. The van der Waals surface area contributed by atoms with E-state index in [2.05, 4.69) is 5.32 Å². The van der Waals surface area contributed by atoms with E-state index in [4.69, 9.17) is 0 Å².